The maximum absolute atomic E-state index is 12.1. The van der Waals surface area contributed by atoms with Gasteiger partial charge < -0.3 is 9.47 Å². The van der Waals surface area contributed by atoms with Gasteiger partial charge in [-0.15, -0.1) is 0 Å². The van der Waals surface area contributed by atoms with Gasteiger partial charge in [-0.3, -0.25) is 14.9 Å². The van der Waals surface area contributed by atoms with Gasteiger partial charge in [0.2, 0.25) is 6.54 Å². The molecule has 0 unspecified atom stereocenters. The lowest BCUT2D eigenvalue weighted by Crippen LogP contribution is -2.24. The zero-order chi connectivity index (χ0) is 16.7. The summed E-state index contributed by atoms with van der Waals surface area (Å²) in [5, 5.41) is 10.9. The Kier molecular flexibility index (Phi) is 6.38. The van der Waals surface area contributed by atoms with Crippen molar-refractivity contribution in [1.29, 1.82) is 0 Å². The van der Waals surface area contributed by atoms with Crippen molar-refractivity contribution >= 4 is 5.97 Å². The monoisotopic (exact) mass is 321 g/mol. The fraction of sp³-hybridized carbons (Fsp3) is 0.588. The molecule has 0 aliphatic heterocycles. The molecule has 1 aromatic rings. The SMILES string of the molecule is COc1ccc([C@@H](CC(=O)OC2CCCCC2)C[N+](=O)[O-])cc1. The second-order valence-corrected chi connectivity index (χ2v) is 5.94. The van der Waals surface area contributed by atoms with E-state index in [0.29, 0.717) is 5.75 Å². The Bertz CT molecular complexity index is 522. The molecule has 0 radical (unpaired) electrons. The standard InChI is InChI=1S/C17H23NO5/c1-22-15-9-7-13(8-10-15)14(12-18(20)21)11-17(19)23-16-5-3-2-4-6-16/h7-10,14,16H,2-6,11-12H2,1H3/t14-/m0/s1. The van der Waals surface area contributed by atoms with Gasteiger partial charge in [0.15, 0.2) is 0 Å². The molecular weight excluding hydrogens is 298 g/mol. The Morgan fingerprint density at radius 2 is 1.91 bits per heavy atom. The molecule has 0 heterocycles. The van der Waals surface area contributed by atoms with E-state index in [9.17, 15) is 14.9 Å². The largest absolute Gasteiger partial charge is 0.497 e. The Morgan fingerprint density at radius 1 is 1.26 bits per heavy atom. The van der Waals surface area contributed by atoms with Crippen molar-refractivity contribution < 1.29 is 19.2 Å². The van der Waals surface area contributed by atoms with Crippen molar-refractivity contribution in [3.8, 4) is 5.75 Å². The number of carbonyl (C=O) groups is 1. The molecule has 1 aromatic carbocycles. The summed E-state index contributed by atoms with van der Waals surface area (Å²) in [6.45, 7) is -0.286. The van der Waals surface area contributed by atoms with Crippen LogP contribution in [-0.4, -0.2) is 30.7 Å². The van der Waals surface area contributed by atoms with Gasteiger partial charge in [-0.05, 0) is 43.4 Å². The van der Waals surface area contributed by atoms with E-state index in [1.54, 1.807) is 31.4 Å². The van der Waals surface area contributed by atoms with Crippen LogP contribution < -0.4 is 4.74 Å². The number of benzene rings is 1. The molecule has 0 amide bonds. The van der Waals surface area contributed by atoms with Crippen LogP contribution in [0.4, 0.5) is 0 Å². The molecule has 1 aliphatic rings. The van der Waals surface area contributed by atoms with E-state index in [1.165, 1.54) is 6.42 Å². The van der Waals surface area contributed by atoms with Gasteiger partial charge in [-0.2, -0.15) is 0 Å². The minimum absolute atomic E-state index is 0.0247. The minimum Gasteiger partial charge on any atom is -0.497 e. The number of carbonyl (C=O) groups excluding carboxylic acids is 1. The zero-order valence-electron chi connectivity index (χ0n) is 13.4. The van der Waals surface area contributed by atoms with E-state index in [2.05, 4.69) is 0 Å². The van der Waals surface area contributed by atoms with Crippen molar-refractivity contribution in [3.05, 3.63) is 39.9 Å². The highest BCUT2D eigenvalue weighted by molar-refractivity contribution is 5.70. The van der Waals surface area contributed by atoms with Crippen LogP contribution in [-0.2, 0) is 9.53 Å². The molecule has 1 atom stereocenters. The average molecular weight is 321 g/mol. The summed E-state index contributed by atoms with van der Waals surface area (Å²) in [6, 6.07) is 7.02. The van der Waals surface area contributed by atoms with E-state index in [1.807, 2.05) is 0 Å². The van der Waals surface area contributed by atoms with Gasteiger partial charge in [0.25, 0.3) is 0 Å². The predicted molar refractivity (Wildman–Crippen MR) is 85.2 cm³/mol. The van der Waals surface area contributed by atoms with Crippen LogP contribution in [0.2, 0.25) is 0 Å². The first-order chi connectivity index (χ1) is 11.1. The zero-order valence-corrected chi connectivity index (χ0v) is 13.4. The normalized spacial score (nSPS) is 16.6. The number of hydrogen-bond donors (Lipinski definition) is 0. The molecule has 6 heteroatoms. The third-order valence-electron chi connectivity index (χ3n) is 4.22. The lowest BCUT2D eigenvalue weighted by Gasteiger charge is -2.22. The van der Waals surface area contributed by atoms with E-state index in [0.717, 1.165) is 31.2 Å². The van der Waals surface area contributed by atoms with Crippen molar-refractivity contribution in [2.75, 3.05) is 13.7 Å². The maximum atomic E-state index is 12.1. The number of methoxy groups -OCH3 is 1. The number of ether oxygens (including phenoxy) is 2. The van der Waals surface area contributed by atoms with E-state index in [4.69, 9.17) is 9.47 Å². The molecule has 1 fully saturated rings. The highest BCUT2D eigenvalue weighted by atomic mass is 16.6. The fourth-order valence-corrected chi connectivity index (χ4v) is 2.96. The van der Waals surface area contributed by atoms with Gasteiger partial charge in [0.05, 0.1) is 19.4 Å². The molecule has 23 heavy (non-hydrogen) atoms. The van der Waals surface area contributed by atoms with Crippen LogP contribution >= 0.6 is 0 Å². The maximum Gasteiger partial charge on any atom is 0.306 e. The van der Waals surface area contributed by atoms with Crippen molar-refractivity contribution in [2.45, 2.75) is 50.5 Å². The summed E-state index contributed by atoms with van der Waals surface area (Å²) in [6.07, 6.45) is 5.14. The number of esters is 1. The van der Waals surface area contributed by atoms with E-state index >= 15 is 0 Å². The summed E-state index contributed by atoms with van der Waals surface area (Å²) in [4.78, 5) is 22.7. The highest BCUT2D eigenvalue weighted by Gasteiger charge is 2.25. The number of hydrogen-bond acceptors (Lipinski definition) is 5. The van der Waals surface area contributed by atoms with Gasteiger partial charge in [-0.25, -0.2) is 0 Å². The van der Waals surface area contributed by atoms with Crippen molar-refractivity contribution in [2.24, 2.45) is 0 Å². The molecule has 0 N–H and O–H groups in total. The van der Waals surface area contributed by atoms with Gasteiger partial charge in [0, 0.05) is 4.92 Å². The first kappa shape index (κ1) is 17.2. The van der Waals surface area contributed by atoms with E-state index in [-0.39, 0.29) is 30.0 Å². The lowest BCUT2D eigenvalue weighted by atomic mass is 9.95. The quantitative estimate of drug-likeness (QED) is 0.437. The Labute approximate surface area is 135 Å². The summed E-state index contributed by atoms with van der Waals surface area (Å²) >= 11 is 0. The van der Waals surface area contributed by atoms with Gasteiger partial charge in [0.1, 0.15) is 11.9 Å². The molecule has 2 rings (SSSR count). The average Bonchev–Trinajstić information content (AvgIpc) is 2.55. The molecular formula is C17H23NO5. The Morgan fingerprint density at radius 3 is 2.48 bits per heavy atom. The van der Waals surface area contributed by atoms with E-state index < -0.39 is 5.92 Å². The Balaban J connectivity index is 1.99. The summed E-state index contributed by atoms with van der Waals surface area (Å²) < 4.78 is 10.6. The molecule has 0 saturated heterocycles. The first-order valence-electron chi connectivity index (χ1n) is 8.03. The summed E-state index contributed by atoms with van der Waals surface area (Å²) in [5.41, 5.74) is 0.753. The lowest BCUT2D eigenvalue weighted by molar-refractivity contribution is -0.483. The second-order valence-electron chi connectivity index (χ2n) is 5.94. The van der Waals surface area contributed by atoms with Crippen LogP contribution in [0.1, 0.15) is 50.0 Å². The fourth-order valence-electron chi connectivity index (χ4n) is 2.96. The second kappa shape index (κ2) is 8.50. The van der Waals surface area contributed by atoms with Gasteiger partial charge >= 0.3 is 5.97 Å². The molecule has 0 spiro atoms. The summed E-state index contributed by atoms with van der Waals surface area (Å²) in [5.74, 6) is -0.148. The molecule has 1 aliphatic carbocycles. The number of nitrogens with zero attached hydrogens (tertiary/aromatic N) is 1. The molecule has 0 bridgehead atoms. The van der Waals surface area contributed by atoms with Crippen LogP contribution in [0.25, 0.3) is 0 Å². The molecule has 126 valence electrons. The molecule has 1 saturated carbocycles. The minimum atomic E-state index is -0.480. The molecule has 6 nitrogen and oxygen atoms in total. The number of rotatable bonds is 7. The third-order valence-corrected chi connectivity index (χ3v) is 4.22. The predicted octanol–water partition coefficient (Wildman–Crippen LogP) is 3.32. The smallest absolute Gasteiger partial charge is 0.306 e. The van der Waals surface area contributed by atoms with Gasteiger partial charge in [-0.1, -0.05) is 18.6 Å². The van der Waals surface area contributed by atoms with Crippen LogP contribution in [0, 0.1) is 10.1 Å². The van der Waals surface area contributed by atoms with Crippen LogP contribution in [0.3, 0.4) is 0 Å². The number of nitro groups is 1. The van der Waals surface area contributed by atoms with Crippen molar-refractivity contribution in [3.63, 3.8) is 0 Å². The highest BCUT2D eigenvalue weighted by Crippen LogP contribution is 2.25. The van der Waals surface area contributed by atoms with Crippen molar-refractivity contribution in [1.82, 2.24) is 0 Å². The van der Waals surface area contributed by atoms with Crippen LogP contribution in [0.15, 0.2) is 24.3 Å². The summed E-state index contributed by atoms with van der Waals surface area (Å²) in [7, 11) is 1.56. The first-order valence-corrected chi connectivity index (χ1v) is 8.03. The molecule has 0 aromatic heterocycles. The van der Waals surface area contributed by atoms with Crippen LogP contribution in [0.5, 0.6) is 5.75 Å². The third kappa shape index (κ3) is 5.54. The topological polar surface area (TPSA) is 78.7 Å². The Hall–Kier alpha value is -2.11.